The number of benzene rings is 1. The Labute approximate surface area is 144 Å². The Morgan fingerprint density at radius 3 is 2.27 bits per heavy atom. The van der Waals surface area contributed by atoms with Crippen LogP contribution in [0.3, 0.4) is 0 Å². The molecule has 1 aliphatic heterocycles. The predicted octanol–water partition coefficient (Wildman–Crippen LogP) is 1.97. The number of nitrogens with two attached hydrogens (primary N) is 1. The van der Waals surface area contributed by atoms with Crippen LogP contribution < -0.4 is 5.73 Å². The highest BCUT2D eigenvalue weighted by Gasteiger charge is 2.48. The van der Waals surface area contributed by atoms with E-state index < -0.39 is 5.54 Å². The molecule has 124 valence electrons. The minimum atomic E-state index is -0.516. The largest absolute Gasteiger partial charge is 0.339 e. The molecule has 0 bridgehead atoms. The third-order valence-electron chi connectivity index (χ3n) is 4.53. The maximum absolute atomic E-state index is 12.2. The van der Waals surface area contributed by atoms with Gasteiger partial charge >= 0.3 is 0 Å². The van der Waals surface area contributed by atoms with Gasteiger partial charge in [-0.3, -0.25) is 9.69 Å². The van der Waals surface area contributed by atoms with E-state index in [1.807, 2.05) is 4.90 Å². The van der Waals surface area contributed by atoms with E-state index in [-0.39, 0.29) is 30.7 Å². The summed E-state index contributed by atoms with van der Waals surface area (Å²) in [5, 5.41) is 0. The second-order valence-electron chi connectivity index (χ2n) is 6.15. The third kappa shape index (κ3) is 4.13. The van der Waals surface area contributed by atoms with Gasteiger partial charge in [-0.25, -0.2) is 0 Å². The first-order valence-corrected chi connectivity index (χ1v) is 7.44. The molecule has 2 N–H and O–H groups in total. The van der Waals surface area contributed by atoms with Crippen LogP contribution in [0, 0.1) is 6.92 Å². The van der Waals surface area contributed by atoms with Crippen LogP contribution in [0.1, 0.15) is 24.0 Å². The summed E-state index contributed by atoms with van der Waals surface area (Å²) >= 11 is 0. The highest BCUT2D eigenvalue weighted by molar-refractivity contribution is 5.89. The molecule has 22 heavy (non-hydrogen) atoms. The molecule has 1 aliphatic carbocycles. The third-order valence-corrected chi connectivity index (χ3v) is 4.53. The Hall–Kier alpha value is -0.810. The summed E-state index contributed by atoms with van der Waals surface area (Å²) < 4.78 is 0. The van der Waals surface area contributed by atoms with Gasteiger partial charge in [-0.05, 0) is 30.9 Å². The van der Waals surface area contributed by atoms with E-state index >= 15 is 0 Å². The monoisotopic (exact) mass is 345 g/mol. The van der Waals surface area contributed by atoms with Gasteiger partial charge in [0.1, 0.15) is 0 Å². The van der Waals surface area contributed by atoms with Gasteiger partial charge in [-0.1, -0.05) is 24.3 Å². The highest BCUT2D eigenvalue weighted by atomic mass is 35.5. The quantitative estimate of drug-likeness (QED) is 0.911. The molecule has 0 unspecified atom stereocenters. The van der Waals surface area contributed by atoms with Crippen LogP contribution in [-0.4, -0.2) is 47.4 Å². The fourth-order valence-electron chi connectivity index (χ4n) is 2.80. The molecule has 0 aromatic heterocycles. The van der Waals surface area contributed by atoms with Crippen molar-refractivity contribution in [1.29, 1.82) is 0 Å². The highest BCUT2D eigenvalue weighted by Crippen LogP contribution is 2.34. The van der Waals surface area contributed by atoms with Gasteiger partial charge in [0.25, 0.3) is 0 Å². The van der Waals surface area contributed by atoms with Crippen LogP contribution in [0.25, 0.3) is 0 Å². The minimum Gasteiger partial charge on any atom is -0.339 e. The van der Waals surface area contributed by atoms with E-state index in [4.69, 9.17) is 5.73 Å². The Balaban J connectivity index is 0.00000121. The number of rotatable bonds is 3. The summed E-state index contributed by atoms with van der Waals surface area (Å²) in [5.41, 5.74) is 8.20. The second-order valence-corrected chi connectivity index (χ2v) is 6.15. The summed E-state index contributed by atoms with van der Waals surface area (Å²) in [6, 6.07) is 8.51. The summed E-state index contributed by atoms with van der Waals surface area (Å²) in [6.45, 7) is 6.63. The fraction of sp³-hybridized carbons (Fsp3) is 0.562. The number of nitrogens with zero attached hydrogens (tertiary/aromatic N) is 2. The molecule has 2 fully saturated rings. The molecular formula is C16H25Cl2N3O. The molecule has 0 spiro atoms. The van der Waals surface area contributed by atoms with Gasteiger partial charge in [0, 0.05) is 32.7 Å². The van der Waals surface area contributed by atoms with E-state index in [1.54, 1.807) is 0 Å². The van der Waals surface area contributed by atoms with Crippen molar-refractivity contribution < 1.29 is 4.79 Å². The zero-order valence-corrected chi connectivity index (χ0v) is 14.6. The number of hydrogen-bond donors (Lipinski definition) is 1. The van der Waals surface area contributed by atoms with E-state index in [2.05, 4.69) is 36.1 Å². The van der Waals surface area contributed by atoms with Crippen LogP contribution in [0.2, 0.25) is 0 Å². The average molecular weight is 346 g/mol. The first-order valence-electron chi connectivity index (χ1n) is 7.44. The zero-order valence-electron chi connectivity index (χ0n) is 13.0. The standard InChI is InChI=1S/C16H23N3O.2ClH/c1-13-4-2-3-5-14(13)12-18-8-10-19(11-9-18)15(20)16(17)6-7-16;;/h2-5H,6-12,17H2,1H3;2*1H. The molecule has 1 amide bonds. The Morgan fingerprint density at radius 2 is 1.73 bits per heavy atom. The van der Waals surface area contributed by atoms with Crippen molar-refractivity contribution in [2.24, 2.45) is 5.73 Å². The number of halogens is 2. The molecule has 1 aromatic carbocycles. The van der Waals surface area contributed by atoms with Crippen LogP contribution >= 0.6 is 24.8 Å². The molecule has 1 saturated heterocycles. The normalized spacial score (nSPS) is 19.8. The molecular weight excluding hydrogens is 321 g/mol. The maximum Gasteiger partial charge on any atom is 0.242 e. The van der Waals surface area contributed by atoms with Crippen molar-refractivity contribution >= 4 is 30.7 Å². The summed E-state index contributed by atoms with van der Waals surface area (Å²) in [4.78, 5) is 16.5. The molecule has 1 heterocycles. The molecule has 2 aliphatic rings. The first-order chi connectivity index (χ1) is 9.58. The van der Waals surface area contributed by atoms with Gasteiger partial charge in [0.15, 0.2) is 0 Å². The van der Waals surface area contributed by atoms with Crippen LogP contribution in [0.15, 0.2) is 24.3 Å². The molecule has 6 heteroatoms. The lowest BCUT2D eigenvalue weighted by Gasteiger charge is -2.36. The molecule has 3 rings (SSSR count). The Morgan fingerprint density at radius 1 is 1.14 bits per heavy atom. The molecule has 4 nitrogen and oxygen atoms in total. The first kappa shape index (κ1) is 19.2. The molecule has 1 aromatic rings. The van der Waals surface area contributed by atoms with Gasteiger partial charge < -0.3 is 10.6 Å². The number of piperazine rings is 1. The number of carbonyl (C=O) groups is 1. The maximum atomic E-state index is 12.2. The summed E-state index contributed by atoms with van der Waals surface area (Å²) in [6.07, 6.45) is 1.71. The lowest BCUT2D eigenvalue weighted by Crippen LogP contribution is -2.53. The van der Waals surface area contributed by atoms with Gasteiger partial charge in [-0.2, -0.15) is 0 Å². The van der Waals surface area contributed by atoms with Crippen LogP contribution in [-0.2, 0) is 11.3 Å². The van der Waals surface area contributed by atoms with E-state index in [9.17, 15) is 4.79 Å². The second kappa shape index (κ2) is 7.64. The predicted molar refractivity (Wildman–Crippen MR) is 93.7 cm³/mol. The van der Waals surface area contributed by atoms with Crippen molar-refractivity contribution in [3.63, 3.8) is 0 Å². The summed E-state index contributed by atoms with van der Waals surface area (Å²) in [7, 11) is 0. The van der Waals surface area contributed by atoms with Gasteiger partial charge in [-0.15, -0.1) is 24.8 Å². The lowest BCUT2D eigenvalue weighted by molar-refractivity contribution is -0.135. The van der Waals surface area contributed by atoms with Crippen molar-refractivity contribution in [3.05, 3.63) is 35.4 Å². The number of carbonyl (C=O) groups excluding carboxylic acids is 1. The fourth-order valence-corrected chi connectivity index (χ4v) is 2.80. The van der Waals surface area contributed by atoms with Gasteiger partial charge in [0.05, 0.1) is 5.54 Å². The molecule has 1 saturated carbocycles. The SMILES string of the molecule is Cc1ccccc1CN1CCN(C(=O)C2(N)CC2)CC1.Cl.Cl. The van der Waals surface area contributed by atoms with Crippen molar-refractivity contribution in [1.82, 2.24) is 9.80 Å². The van der Waals surface area contributed by atoms with Crippen LogP contribution in [0.5, 0.6) is 0 Å². The molecule has 0 atom stereocenters. The minimum absolute atomic E-state index is 0. The average Bonchev–Trinajstić information content (AvgIpc) is 3.21. The summed E-state index contributed by atoms with van der Waals surface area (Å²) in [5.74, 6) is 0.160. The van der Waals surface area contributed by atoms with E-state index in [0.29, 0.717) is 0 Å². The topological polar surface area (TPSA) is 49.6 Å². The Bertz CT molecular complexity index is 512. The number of amides is 1. The van der Waals surface area contributed by atoms with Crippen molar-refractivity contribution in [2.75, 3.05) is 26.2 Å². The Kier molecular flexibility index (Phi) is 6.68. The smallest absolute Gasteiger partial charge is 0.242 e. The van der Waals surface area contributed by atoms with Crippen molar-refractivity contribution in [3.8, 4) is 0 Å². The number of hydrogen-bond acceptors (Lipinski definition) is 3. The zero-order chi connectivity index (χ0) is 14.2. The van der Waals surface area contributed by atoms with Crippen molar-refractivity contribution in [2.45, 2.75) is 31.8 Å². The lowest BCUT2D eigenvalue weighted by atomic mass is 10.1. The van der Waals surface area contributed by atoms with E-state index in [1.165, 1.54) is 11.1 Å². The molecule has 0 radical (unpaired) electrons. The van der Waals surface area contributed by atoms with Gasteiger partial charge in [0.2, 0.25) is 5.91 Å². The van der Waals surface area contributed by atoms with Crippen LogP contribution in [0.4, 0.5) is 0 Å². The number of aryl methyl sites for hydroxylation is 1. The van der Waals surface area contributed by atoms with E-state index in [0.717, 1.165) is 45.6 Å².